The van der Waals surface area contributed by atoms with Gasteiger partial charge in [-0.2, -0.15) is 9.15 Å². The van der Waals surface area contributed by atoms with E-state index >= 15 is 0 Å². The van der Waals surface area contributed by atoms with Crippen LogP contribution in [0.5, 0.6) is 0 Å². The third-order valence-corrected chi connectivity index (χ3v) is 9.75. The standard InChI is InChI=1S/C41H38N4.4C2H6/c1-42-34(25-30-13-3-7-21-38(30)42)17-11-19-36-27-32-15-5-9-23-40(32)44(36)29-45-37(28-33-16-6-10-24-41(33)45)20-12-18-35-26-31-14-4-8-22-39(31)43(35)2;4*1-2/h3-24H,25-29H2,1-2H3;4*1-2H3/q+2;;;;. The Morgan fingerprint density at radius 3 is 1.17 bits per heavy atom. The zero-order chi connectivity index (χ0) is 38.3. The fourth-order valence-electron chi connectivity index (χ4n) is 7.30. The Morgan fingerprint density at radius 1 is 0.453 bits per heavy atom. The predicted octanol–water partition coefficient (Wildman–Crippen LogP) is 12.0. The fraction of sp³-hybridized carbons (Fsp3) is 0.306. The number of anilines is 2. The molecular formula is C49H62N4+2. The number of para-hydroxylation sites is 4. The number of hydrogen-bond acceptors (Lipinski definition) is 2. The lowest BCUT2D eigenvalue weighted by molar-refractivity contribution is -0.400. The molecule has 4 heteroatoms. The van der Waals surface area contributed by atoms with Gasteiger partial charge in [0.2, 0.25) is 11.4 Å². The van der Waals surface area contributed by atoms with Crippen molar-refractivity contribution < 1.29 is 9.15 Å². The number of nitrogens with zero attached hydrogens (tertiary/aromatic N) is 4. The molecule has 4 aliphatic rings. The first-order chi connectivity index (χ1) is 26.1. The summed E-state index contributed by atoms with van der Waals surface area (Å²) in [6.07, 6.45) is 17.5. The van der Waals surface area contributed by atoms with Gasteiger partial charge in [-0.1, -0.05) is 140 Å². The zero-order valence-electron chi connectivity index (χ0n) is 34.0. The van der Waals surface area contributed by atoms with E-state index in [1.54, 1.807) is 0 Å². The molecule has 4 aromatic carbocycles. The molecule has 0 amide bonds. The van der Waals surface area contributed by atoms with E-state index in [9.17, 15) is 0 Å². The number of benzene rings is 4. The summed E-state index contributed by atoms with van der Waals surface area (Å²) in [4.78, 5) is 5.01. The Morgan fingerprint density at radius 2 is 0.792 bits per heavy atom. The van der Waals surface area contributed by atoms with E-state index in [1.165, 1.54) is 67.8 Å². The van der Waals surface area contributed by atoms with Gasteiger partial charge in [0.1, 0.15) is 14.1 Å². The quantitative estimate of drug-likeness (QED) is 0.185. The van der Waals surface area contributed by atoms with Crippen molar-refractivity contribution in [1.29, 1.82) is 0 Å². The van der Waals surface area contributed by atoms with Gasteiger partial charge in [-0.3, -0.25) is 0 Å². The molecule has 0 saturated carbocycles. The van der Waals surface area contributed by atoms with E-state index in [2.05, 4.69) is 167 Å². The van der Waals surface area contributed by atoms with Crippen molar-refractivity contribution in [2.45, 2.75) is 81.1 Å². The summed E-state index contributed by atoms with van der Waals surface area (Å²) in [5.41, 5.74) is 16.1. The number of rotatable bonds is 6. The van der Waals surface area contributed by atoms with Crippen molar-refractivity contribution in [1.82, 2.24) is 0 Å². The summed E-state index contributed by atoms with van der Waals surface area (Å²) in [5.74, 6) is 0. The average Bonchev–Trinajstić information content (AvgIpc) is 3.96. The van der Waals surface area contributed by atoms with Crippen molar-refractivity contribution in [2.24, 2.45) is 0 Å². The minimum absolute atomic E-state index is 0.775. The highest BCUT2D eigenvalue weighted by Crippen LogP contribution is 2.39. The zero-order valence-corrected chi connectivity index (χ0v) is 34.0. The Labute approximate surface area is 321 Å². The largest absolute Gasteiger partial charge is 0.326 e. The maximum Gasteiger partial charge on any atom is 0.208 e. The average molecular weight is 707 g/mol. The van der Waals surface area contributed by atoms with Crippen LogP contribution in [-0.2, 0) is 25.7 Å². The van der Waals surface area contributed by atoms with Gasteiger partial charge in [0.05, 0.1) is 19.5 Å². The van der Waals surface area contributed by atoms with Crippen LogP contribution >= 0.6 is 0 Å². The molecule has 8 rings (SSSR count). The molecule has 0 radical (unpaired) electrons. The molecule has 0 atom stereocenters. The van der Waals surface area contributed by atoms with E-state index in [0.29, 0.717) is 0 Å². The van der Waals surface area contributed by atoms with Crippen LogP contribution in [0.4, 0.5) is 22.7 Å². The maximum atomic E-state index is 2.51. The van der Waals surface area contributed by atoms with Crippen molar-refractivity contribution >= 4 is 34.2 Å². The van der Waals surface area contributed by atoms with Crippen LogP contribution in [-0.4, -0.2) is 41.3 Å². The smallest absolute Gasteiger partial charge is 0.208 e. The summed E-state index contributed by atoms with van der Waals surface area (Å²) in [7, 11) is 4.34. The van der Waals surface area contributed by atoms with Crippen LogP contribution in [0.15, 0.2) is 145 Å². The summed E-state index contributed by atoms with van der Waals surface area (Å²) >= 11 is 0. The minimum Gasteiger partial charge on any atom is -0.326 e. The molecule has 53 heavy (non-hydrogen) atoms. The molecule has 0 fully saturated rings. The van der Waals surface area contributed by atoms with Crippen LogP contribution in [0, 0.1) is 0 Å². The van der Waals surface area contributed by atoms with Crippen molar-refractivity contribution in [3.05, 3.63) is 167 Å². The van der Waals surface area contributed by atoms with Crippen LogP contribution < -0.4 is 9.80 Å². The first-order valence-electron chi connectivity index (χ1n) is 19.9. The third-order valence-electron chi connectivity index (χ3n) is 9.75. The molecule has 0 aliphatic carbocycles. The normalized spacial score (nSPS) is 16.3. The number of hydrogen-bond donors (Lipinski definition) is 0. The highest BCUT2D eigenvalue weighted by molar-refractivity contribution is 5.97. The van der Waals surface area contributed by atoms with Crippen molar-refractivity contribution in [3.63, 3.8) is 0 Å². The van der Waals surface area contributed by atoms with E-state index < -0.39 is 0 Å². The molecule has 0 saturated heterocycles. The van der Waals surface area contributed by atoms with Gasteiger partial charge < -0.3 is 9.80 Å². The molecule has 4 aliphatic heterocycles. The molecular weight excluding hydrogens is 645 g/mol. The highest BCUT2D eigenvalue weighted by atomic mass is 15.3. The Bertz CT molecular complexity index is 1870. The summed E-state index contributed by atoms with van der Waals surface area (Å²) in [6.45, 7) is 16.8. The first kappa shape index (κ1) is 40.5. The molecule has 0 N–H and O–H groups in total. The number of fused-ring (bicyclic) bond motifs is 4. The highest BCUT2D eigenvalue weighted by Gasteiger charge is 2.31. The monoisotopic (exact) mass is 706 g/mol. The molecule has 4 aromatic rings. The summed E-state index contributed by atoms with van der Waals surface area (Å²) in [5, 5.41) is 0. The molecule has 0 spiro atoms. The van der Waals surface area contributed by atoms with Gasteiger partial charge in [-0.15, -0.1) is 0 Å². The van der Waals surface area contributed by atoms with E-state index in [4.69, 9.17) is 0 Å². The van der Waals surface area contributed by atoms with Gasteiger partial charge in [0.25, 0.3) is 0 Å². The lowest BCUT2D eigenvalue weighted by Gasteiger charge is -2.30. The lowest BCUT2D eigenvalue weighted by Crippen LogP contribution is -2.34. The van der Waals surface area contributed by atoms with Crippen LogP contribution in [0.2, 0.25) is 0 Å². The maximum absolute atomic E-state index is 2.51. The second kappa shape index (κ2) is 20.1. The van der Waals surface area contributed by atoms with Gasteiger partial charge in [-0.25, -0.2) is 0 Å². The van der Waals surface area contributed by atoms with Crippen LogP contribution in [0.3, 0.4) is 0 Å². The molecule has 0 aromatic heterocycles. The Hall–Kier alpha value is -5.22. The Kier molecular flexibility index (Phi) is 15.4. The molecule has 4 nitrogen and oxygen atoms in total. The van der Waals surface area contributed by atoms with Gasteiger partial charge >= 0.3 is 0 Å². The molecule has 4 heterocycles. The summed E-state index contributed by atoms with van der Waals surface area (Å²) < 4.78 is 4.63. The second-order valence-corrected chi connectivity index (χ2v) is 12.4. The van der Waals surface area contributed by atoms with Crippen molar-refractivity contribution in [3.8, 4) is 0 Å². The Balaban J connectivity index is 0.000000737. The first-order valence-corrected chi connectivity index (χ1v) is 19.9. The van der Waals surface area contributed by atoms with E-state index in [0.717, 1.165) is 32.4 Å². The van der Waals surface area contributed by atoms with Crippen molar-refractivity contribution in [2.75, 3.05) is 30.6 Å². The fourth-order valence-corrected chi connectivity index (χ4v) is 7.30. The van der Waals surface area contributed by atoms with E-state index in [1.807, 2.05) is 55.4 Å². The SMILES string of the molecule is CC.CC.CC.CC.C[N+]1=C(C=CC=C2Cc3ccccc3N2CN2C(=CC=CC3=[N+](C)c4ccccc4C3)Cc3ccccc32)Cc2ccccc21. The predicted molar refractivity (Wildman–Crippen MR) is 232 cm³/mol. The molecule has 0 unspecified atom stereocenters. The molecule has 276 valence electrons. The van der Waals surface area contributed by atoms with Gasteiger partial charge in [0, 0.05) is 71.0 Å². The third kappa shape index (κ3) is 8.88. The summed E-state index contributed by atoms with van der Waals surface area (Å²) in [6, 6.07) is 35.1. The lowest BCUT2D eigenvalue weighted by atomic mass is 10.1. The van der Waals surface area contributed by atoms with Crippen LogP contribution in [0.1, 0.15) is 77.6 Å². The van der Waals surface area contributed by atoms with Gasteiger partial charge in [-0.05, 0) is 35.4 Å². The second-order valence-electron chi connectivity index (χ2n) is 12.4. The number of allylic oxidation sites excluding steroid dienone is 8. The topological polar surface area (TPSA) is 12.5 Å². The van der Waals surface area contributed by atoms with Crippen LogP contribution in [0.25, 0.3) is 0 Å². The minimum atomic E-state index is 0.775. The molecule has 0 bridgehead atoms. The van der Waals surface area contributed by atoms with E-state index in [-0.39, 0.29) is 0 Å². The van der Waals surface area contributed by atoms with Gasteiger partial charge in [0.15, 0.2) is 11.4 Å².